The van der Waals surface area contributed by atoms with E-state index in [0.717, 1.165) is 34.0 Å². The summed E-state index contributed by atoms with van der Waals surface area (Å²) in [5.74, 6) is -0.249. The highest BCUT2D eigenvalue weighted by atomic mass is 16.7. The molecule has 7 heteroatoms. The number of aromatic nitrogens is 3. The number of nitrogens with zero attached hydrogens (tertiary/aromatic N) is 2. The number of fused-ring (bicyclic) bond motifs is 2. The standard InChI is InChI=1S/C23H26N4O3/c1-4-11-30-27-13-18(15-7-5-6-8-20(15)27)19-12-17-16(9-10-24-21(17)25-19)22(29)26-23(2,3)14-28/h5-10,12-13,28H,4,11,14H2,1-3H3,(H,24,25)(H,26,29). The van der Waals surface area contributed by atoms with E-state index in [1.165, 1.54) is 0 Å². The molecule has 7 nitrogen and oxygen atoms in total. The third kappa shape index (κ3) is 3.64. The van der Waals surface area contributed by atoms with Gasteiger partial charge in [-0.15, -0.1) is 0 Å². The predicted molar refractivity (Wildman–Crippen MR) is 117 cm³/mol. The fraction of sp³-hybridized carbons (Fsp3) is 0.304. The van der Waals surface area contributed by atoms with Gasteiger partial charge in [-0.05, 0) is 38.5 Å². The molecule has 0 fully saturated rings. The number of pyridine rings is 1. The van der Waals surface area contributed by atoms with E-state index in [-0.39, 0.29) is 12.5 Å². The normalized spacial score (nSPS) is 11.9. The molecule has 1 aromatic carbocycles. The average molecular weight is 406 g/mol. The van der Waals surface area contributed by atoms with Crippen LogP contribution in [0, 0.1) is 0 Å². The Morgan fingerprint density at radius 1 is 1.27 bits per heavy atom. The van der Waals surface area contributed by atoms with E-state index in [4.69, 9.17) is 4.84 Å². The molecule has 0 aliphatic rings. The summed E-state index contributed by atoms with van der Waals surface area (Å²) in [5.41, 5.74) is 3.24. The lowest BCUT2D eigenvalue weighted by atomic mass is 10.1. The Morgan fingerprint density at radius 3 is 2.83 bits per heavy atom. The van der Waals surface area contributed by atoms with Crippen molar-refractivity contribution >= 4 is 27.8 Å². The van der Waals surface area contributed by atoms with Gasteiger partial charge in [0, 0.05) is 28.2 Å². The van der Waals surface area contributed by atoms with E-state index in [1.807, 2.05) is 36.5 Å². The van der Waals surface area contributed by atoms with Crippen LogP contribution in [0.3, 0.4) is 0 Å². The zero-order valence-corrected chi connectivity index (χ0v) is 17.4. The van der Waals surface area contributed by atoms with Gasteiger partial charge in [0.15, 0.2) is 0 Å². The first-order valence-corrected chi connectivity index (χ1v) is 10.1. The number of aromatic amines is 1. The number of benzene rings is 1. The smallest absolute Gasteiger partial charge is 0.252 e. The van der Waals surface area contributed by atoms with Gasteiger partial charge >= 0.3 is 0 Å². The summed E-state index contributed by atoms with van der Waals surface area (Å²) in [6, 6.07) is 11.7. The molecule has 4 rings (SSSR count). The van der Waals surface area contributed by atoms with Crippen molar-refractivity contribution in [2.24, 2.45) is 0 Å². The van der Waals surface area contributed by atoms with Gasteiger partial charge in [-0.3, -0.25) is 4.79 Å². The third-order valence-corrected chi connectivity index (χ3v) is 5.03. The quantitative estimate of drug-likeness (QED) is 0.438. The summed E-state index contributed by atoms with van der Waals surface area (Å²) in [6.45, 7) is 6.09. The van der Waals surface area contributed by atoms with E-state index >= 15 is 0 Å². The van der Waals surface area contributed by atoms with E-state index < -0.39 is 5.54 Å². The fourth-order valence-electron chi connectivity index (χ4n) is 3.45. The number of nitrogens with one attached hydrogen (secondary N) is 2. The number of aliphatic hydroxyl groups is 1. The van der Waals surface area contributed by atoms with Crippen molar-refractivity contribution < 1.29 is 14.7 Å². The van der Waals surface area contributed by atoms with Gasteiger partial charge in [-0.25, -0.2) is 4.98 Å². The zero-order chi connectivity index (χ0) is 21.3. The minimum atomic E-state index is -0.712. The Bertz CT molecular complexity index is 1210. The van der Waals surface area contributed by atoms with E-state index in [0.29, 0.717) is 17.8 Å². The number of rotatable bonds is 7. The maximum absolute atomic E-state index is 12.8. The molecule has 0 aliphatic heterocycles. The Balaban J connectivity index is 1.79. The molecule has 0 aliphatic carbocycles. The lowest BCUT2D eigenvalue weighted by molar-refractivity contribution is 0.0871. The van der Waals surface area contributed by atoms with Crippen molar-refractivity contribution in [2.75, 3.05) is 13.2 Å². The van der Waals surface area contributed by atoms with E-state index in [2.05, 4.69) is 22.2 Å². The SMILES string of the molecule is CCCOn1cc(-c2cc3c(C(=O)NC(C)(C)CO)ccnc3[nH]2)c2ccccc21. The first-order chi connectivity index (χ1) is 14.4. The van der Waals surface area contributed by atoms with Crippen LogP contribution in [0.1, 0.15) is 37.6 Å². The molecule has 4 aromatic rings. The average Bonchev–Trinajstić information content (AvgIpc) is 3.33. The molecule has 0 radical (unpaired) electrons. The summed E-state index contributed by atoms with van der Waals surface area (Å²) in [7, 11) is 0. The molecule has 0 spiro atoms. The van der Waals surface area contributed by atoms with Crippen molar-refractivity contribution in [3.05, 3.63) is 54.4 Å². The predicted octanol–water partition coefficient (Wildman–Crippen LogP) is 3.52. The second kappa shape index (κ2) is 7.84. The topological polar surface area (TPSA) is 92.2 Å². The number of H-pyrrole nitrogens is 1. The van der Waals surface area contributed by atoms with Crippen molar-refractivity contribution in [1.82, 2.24) is 20.0 Å². The second-order valence-electron chi connectivity index (χ2n) is 8.02. The van der Waals surface area contributed by atoms with Crippen LogP contribution >= 0.6 is 0 Å². The second-order valence-corrected chi connectivity index (χ2v) is 8.02. The lowest BCUT2D eigenvalue weighted by Crippen LogP contribution is -2.46. The summed E-state index contributed by atoms with van der Waals surface area (Å²) in [6.07, 6.45) is 4.48. The number of aliphatic hydroxyl groups excluding tert-OH is 1. The highest BCUT2D eigenvalue weighted by Crippen LogP contribution is 2.32. The van der Waals surface area contributed by atoms with E-state index in [9.17, 15) is 9.90 Å². The van der Waals surface area contributed by atoms with Gasteiger partial charge in [0.2, 0.25) is 0 Å². The maximum Gasteiger partial charge on any atom is 0.252 e. The van der Waals surface area contributed by atoms with Crippen LogP contribution in [0.4, 0.5) is 0 Å². The number of hydrogen-bond donors (Lipinski definition) is 3. The Kier molecular flexibility index (Phi) is 5.22. The molecule has 0 unspecified atom stereocenters. The number of carbonyl (C=O) groups excluding carboxylic acids is 1. The molecule has 1 amide bonds. The molecule has 0 atom stereocenters. The van der Waals surface area contributed by atoms with Crippen LogP contribution < -0.4 is 10.2 Å². The van der Waals surface area contributed by atoms with Gasteiger partial charge in [0.05, 0.1) is 29.4 Å². The Labute approximate surface area is 174 Å². The summed E-state index contributed by atoms with van der Waals surface area (Å²) >= 11 is 0. The number of hydrogen-bond acceptors (Lipinski definition) is 4. The third-order valence-electron chi connectivity index (χ3n) is 5.03. The lowest BCUT2D eigenvalue weighted by Gasteiger charge is -2.23. The molecule has 3 heterocycles. The summed E-state index contributed by atoms with van der Waals surface area (Å²) < 4.78 is 1.80. The van der Waals surface area contributed by atoms with Crippen LogP contribution in [-0.2, 0) is 0 Å². The molecule has 156 valence electrons. The minimum Gasteiger partial charge on any atom is -0.414 e. The molecule has 0 saturated carbocycles. The van der Waals surface area contributed by atoms with Crippen molar-refractivity contribution in [3.63, 3.8) is 0 Å². The Hall–Kier alpha value is -3.32. The zero-order valence-electron chi connectivity index (χ0n) is 17.4. The molecule has 3 aromatic heterocycles. The molecular weight excluding hydrogens is 380 g/mol. The molecule has 3 N–H and O–H groups in total. The Morgan fingerprint density at radius 2 is 2.07 bits per heavy atom. The first-order valence-electron chi connectivity index (χ1n) is 10.1. The summed E-state index contributed by atoms with van der Waals surface area (Å²) in [4.78, 5) is 26.4. The van der Waals surface area contributed by atoms with Gasteiger partial charge in [0.1, 0.15) is 12.3 Å². The van der Waals surface area contributed by atoms with Crippen LogP contribution in [-0.4, -0.2) is 44.5 Å². The van der Waals surface area contributed by atoms with Gasteiger partial charge in [-0.1, -0.05) is 25.1 Å². The fourth-order valence-corrected chi connectivity index (χ4v) is 3.45. The van der Waals surface area contributed by atoms with Crippen LogP contribution in [0.15, 0.2) is 48.8 Å². The van der Waals surface area contributed by atoms with Crippen LogP contribution in [0.5, 0.6) is 0 Å². The highest BCUT2D eigenvalue weighted by molar-refractivity contribution is 6.07. The van der Waals surface area contributed by atoms with Crippen LogP contribution in [0.25, 0.3) is 33.2 Å². The largest absolute Gasteiger partial charge is 0.414 e. The first kappa shape index (κ1) is 20.0. The van der Waals surface area contributed by atoms with Crippen LogP contribution in [0.2, 0.25) is 0 Å². The monoisotopic (exact) mass is 406 g/mol. The van der Waals surface area contributed by atoms with E-state index in [1.54, 1.807) is 30.8 Å². The maximum atomic E-state index is 12.8. The summed E-state index contributed by atoms with van der Waals surface area (Å²) in [5, 5.41) is 14.1. The number of para-hydroxylation sites is 1. The van der Waals surface area contributed by atoms with Gasteiger partial charge in [0.25, 0.3) is 5.91 Å². The van der Waals surface area contributed by atoms with Crippen molar-refractivity contribution in [1.29, 1.82) is 0 Å². The number of amides is 1. The molecule has 0 saturated heterocycles. The minimum absolute atomic E-state index is 0.150. The van der Waals surface area contributed by atoms with Crippen molar-refractivity contribution in [3.8, 4) is 11.3 Å². The van der Waals surface area contributed by atoms with Gasteiger partial charge in [-0.2, -0.15) is 4.73 Å². The number of carbonyl (C=O) groups is 1. The van der Waals surface area contributed by atoms with Crippen molar-refractivity contribution in [2.45, 2.75) is 32.7 Å². The molecule has 0 bridgehead atoms. The molecule has 30 heavy (non-hydrogen) atoms. The van der Waals surface area contributed by atoms with Gasteiger partial charge < -0.3 is 20.2 Å². The highest BCUT2D eigenvalue weighted by Gasteiger charge is 2.22. The molecular formula is C23H26N4O3.